The average molecular weight is 302 g/mol. The molecule has 0 saturated carbocycles. The van der Waals surface area contributed by atoms with Crippen molar-refractivity contribution in [2.45, 2.75) is 6.42 Å². The summed E-state index contributed by atoms with van der Waals surface area (Å²) in [5.74, 6) is -0.0630. The van der Waals surface area contributed by atoms with Crippen LogP contribution in [0.5, 0.6) is 0 Å². The van der Waals surface area contributed by atoms with Crippen LogP contribution < -0.4 is 10.2 Å². The van der Waals surface area contributed by atoms with E-state index >= 15 is 0 Å². The van der Waals surface area contributed by atoms with Crippen LogP contribution in [-0.2, 0) is 6.42 Å². The number of rotatable bonds is 0. The van der Waals surface area contributed by atoms with Crippen molar-refractivity contribution in [1.29, 1.82) is 0 Å². The van der Waals surface area contributed by atoms with Crippen LogP contribution in [0.15, 0.2) is 10.5 Å². The van der Waals surface area contributed by atoms with Gasteiger partial charge in [-0.25, -0.2) is 0 Å². The number of carbonyl (C=O) groups is 1. The predicted octanol–water partition coefficient (Wildman–Crippen LogP) is 2.21. The van der Waals surface area contributed by atoms with Crippen molar-refractivity contribution in [3.8, 4) is 0 Å². The van der Waals surface area contributed by atoms with Gasteiger partial charge in [0.25, 0.3) is 5.91 Å². The third kappa shape index (κ3) is 1.36. The highest BCUT2D eigenvalue weighted by molar-refractivity contribution is 9.10. The summed E-state index contributed by atoms with van der Waals surface area (Å²) in [5.41, 5.74) is 2.87. The van der Waals surface area contributed by atoms with Gasteiger partial charge in [0.05, 0.1) is 16.3 Å². The Morgan fingerprint density at radius 3 is 3.06 bits per heavy atom. The van der Waals surface area contributed by atoms with Crippen molar-refractivity contribution in [1.82, 2.24) is 5.32 Å². The second kappa shape index (κ2) is 3.64. The zero-order chi connectivity index (χ0) is 11.3. The van der Waals surface area contributed by atoms with E-state index in [0.29, 0.717) is 17.1 Å². The highest BCUT2D eigenvalue weighted by Crippen LogP contribution is 2.40. The van der Waals surface area contributed by atoms with Crippen LogP contribution in [-0.4, -0.2) is 25.5 Å². The highest BCUT2D eigenvalue weighted by atomic mass is 79.9. The van der Waals surface area contributed by atoms with Gasteiger partial charge < -0.3 is 10.2 Å². The van der Waals surface area contributed by atoms with Gasteiger partial charge in [-0.2, -0.15) is 0 Å². The smallest absolute Gasteiger partial charge is 0.255 e. The lowest BCUT2D eigenvalue weighted by molar-refractivity contribution is 0.0958. The Bertz CT molecular complexity index is 489. The number of hydrogen-bond acceptors (Lipinski definition) is 2. The fourth-order valence-electron chi connectivity index (χ4n) is 2.41. The Morgan fingerprint density at radius 1 is 1.44 bits per heavy atom. The van der Waals surface area contributed by atoms with Crippen molar-refractivity contribution >= 4 is 39.1 Å². The first-order chi connectivity index (χ1) is 7.68. The molecule has 0 aliphatic carbocycles. The summed E-state index contributed by atoms with van der Waals surface area (Å²) in [6.45, 7) is 2.52. The van der Waals surface area contributed by atoms with Crippen molar-refractivity contribution in [2.24, 2.45) is 0 Å². The Labute approximate surface area is 107 Å². The molecule has 5 heteroatoms. The van der Waals surface area contributed by atoms with Crippen LogP contribution in [0, 0.1) is 0 Å². The maximum absolute atomic E-state index is 12.0. The van der Waals surface area contributed by atoms with E-state index in [2.05, 4.69) is 26.1 Å². The molecule has 1 aromatic rings. The monoisotopic (exact) mass is 300 g/mol. The maximum Gasteiger partial charge on any atom is 0.255 e. The molecule has 3 nitrogen and oxygen atoms in total. The maximum atomic E-state index is 12.0. The van der Waals surface area contributed by atoms with Crippen LogP contribution >= 0.6 is 27.5 Å². The summed E-state index contributed by atoms with van der Waals surface area (Å²) in [6.07, 6.45) is 0.991. The summed E-state index contributed by atoms with van der Waals surface area (Å²) in [7, 11) is 0. The first kappa shape index (κ1) is 10.4. The molecule has 1 aromatic carbocycles. The molecule has 2 heterocycles. The Morgan fingerprint density at radius 2 is 2.25 bits per heavy atom. The molecule has 0 atom stereocenters. The molecule has 0 unspecified atom stereocenters. The van der Waals surface area contributed by atoms with Gasteiger partial charge in [-0.3, -0.25) is 4.79 Å². The van der Waals surface area contributed by atoms with Crippen molar-refractivity contribution in [2.75, 3.05) is 24.5 Å². The van der Waals surface area contributed by atoms with Gasteiger partial charge in [0.2, 0.25) is 0 Å². The highest BCUT2D eigenvalue weighted by Gasteiger charge is 2.30. The molecule has 16 heavy (non-hydrogen) atoms. The SMILES string of the molecule is O=C1NCCN2CCc3cc(Br)c(Cl)c1c32. The standard InChI is InChI=1S/C11H10BrClN2O/c12-7-5-6-1-3-15-4-2-14-11(16)8(9(7)13)10(6)15/h5H,1-4H2,(H,14,16). The molecular weight excluding hydrogens is 291 g/mol. The first-order valence-corrected chi connectivity index (χ1v) is 6.39. The minimum Gasteiger partial charge on any atom is -0.369 e. The number of hydrogen-bond donors (Lipinski definition) is 1. The van der Waals surface area contributed by atoms with Crippen molar-refractivity contribution in [3.05, 3.63) is 26.7 Å². The van der Waals surface area contributed by atoms with E-state index in [1.165, 1.54) is 5.56 Å². The number of anilines is 1. The molecular formula is C11H10BrClN2O. The number of amides is 1. The predicted molar refractivity (Wildman–Crippen MR) is 67.4 cm³/mol. The molecule has 3 rings (SSSR count). The zero-order valence-corrected chi connectivity index (χ0v) is 10.9. The van der Waals surface area contributed by atoms with E-state index < -0.39 is 0 Å². The molecule has 0 saturated heterocycles. The number of nitrogens with zero attached hydrogens (tertiary/aromatic N) is 1. The van der Waals surface area contributed by atoms with Crippen molar-refractivity contribution in [3.63, 3.8) is 0 Å². The summed E-state index contributed by atoms with van der Waals surface area (Å²) >= 11 is 9.62. The van der Waals surface area contributed by atoms with Crippen LogP contribution in [0.4, 0.5) is 5.69 Å². The van der Waals surface area contributed by atoms with Crippen LogP contribution in [0.25, 0.3) is 0 Å². The van der Waals surface area contributed by atoms with Crippen LogP contribution in [0.1, 0.15) is 15.9 Å². The first-order valence-electron chi connectivity index (χ1n) is 5.22. The number of carbonyl (C=O) groups excluding carboxylic acids is 1. The largest absolute Gasteiger partial charge is 0.369 e. The fraction of sp³-hybridized carbons (Fsp3) is 0.364. The molecule has 84 valence electrons. The van der Waals surface area contributed by atoms with E-state index in [4.69, 9.17) is 11.6 Å². The molecule has 0 radical (unpaired) electrons. The summed E-state index contributed by atoms with van der Waals surface area (Å²) < 4.78 is 0.807. The third-order valence-electron chi connectivity index (χ3n) is 3.13. The van der Waals surface area contributed by atoms with Crippen molar-refractivity contribution < 1.29 is 4.79 Å². The molecule has 0 fully saturated rings. The normalized spacial score (nSPS) is 18.1. The molecule has 0 bridgehead atoms. The Hall–Kier alpha value is -0.740. The topological polar surface area (TPSA) is 32.3 Å². The van der Waals surface area contributed by atoms with Gasteiger partial charge in [0.15, 0.2) is 0 Å². The molecule has 0 spiro atoms. The molecule has 1 amide bonds. The Kier molecular flexibility index (Phi) is 2.37. The molecule has 1 N–H and O–H groups in total. The number of halogens is 2. The zero-order valence-electron chi connectivity index (χ0n) is 8.52. The molecule has 2 aliphatic rings. The summed E-state index contributed by atoms with van der Waals surface area (Å²) in [5, 5.41) is 3.39. The van der Waals surface area contributed by atoms with E-state index in [9.17, 15) is 4.79 Å². The molecule has 0 aromatic heterocycles. The van der Waals surface area contributed by atoms with Gasteiger partial charge in [0, 0.05) is 24.1 Å². The van der Waals surface area contributed by atoms with Gasteiger partial charge in [-0.15, -0.1) is 0 Å². The van der Waals surface area contributed by atoms with E-state index in [1.807, 2.05) is 6.07 Å². The van der Waals surface area contributed by atoms with Gasteiger partial charge >= 0.3 is 0 Å². The van der Waals surface area contributed by atoms with Gasteiger partial charge in [-0.05, 0) is 34.0 Å². The Balaban J connectivity index is 2.32. The van der Waals surface area contributed by atoms with E-state index in [0.717, 1.165) is 29.7 Å². The second-order valence-corrected chi connectivity index (χ2v) is 5.28. The number of benzene rings is 1. The lowest BCUT2D eigenvalue weighted by Gasteiger charge is -2.18. The minimum atomic E-state index is -0.0630. The quantitative estimate of drug-likeness (QED) is 0.797. The second-order valence-electron chi connectivity index (χ2n) is 4.05. The van der Waals surface area contributed by atoms with E-state index in [-0.39, 0.29) is 5.91 Å². The minimum absolute atomic E-state index is 0.0630. The summed E-state index contributed by atoms with van der Waals surface area (Å²) in [4.78, 5) is 14.2. The van der Waals surface area contributed by atoms with Crippen LogP contribution in [0.2, 0.25) is 5.02 Å². The van der Waals surface area contributed by atoms with E-state index in [1.54, 1.807) is 0 Å². The third-order valence-corrected chi connectivity index (χ3v) is 4.38. The summed E-state index contributed by atoms with van der Waals surface area (Å²) in [6, 6.07) is 2.03. The molecule has 2 aliphatic heterocycles. The number of nitrogens with one attached hydrogen (secondary N) is 1. The van der Waals surface area contributed by atoms with Gasteiger partial charge in [-0.1, -0.05) is 11.6 Å². The van der Waals surface area contributed by atoms with Gasteiger partial charge in [0.1, 0.15) is 0 Å². The average Bonchev–Trinajstić information content (AvgIpc) is 2.55. The van der Waals surface area contributed by atoms with Crippen LogP contribution in [0.3, 0.4) is 0 Å². The lowest BCUT2D eigenvalue weighted by Crippen LogP contribution is -2.29. The lowest BCUT2D eigenvalue weighted by atomic mass is 10.1. The fourth-order valence-corrected chi connectivity index (χ4v) is 3.12.